The normalized spacial score (nSPS) is 11.1. The van der Waals surface area contributed by atoms with Gasteiger partial charge in [0.05, 0.1) is 11.2 Å². The summed E-state index contributed by atoms with van der Waals surface area (Å²) in [6, 6.07) is 6.13. The quantitative estimate of drug-likeness (QED) is 0.806. The summed E-state index contributed by atoms with van der Waals surface area (Å²) in [5.74, 6) is 2.22. The number of nitrogens with two attached hydrogens (primary N) is 1. The Labute approximate surface area is 94.5 Å². The first-order valence-corrected chi connectivity index (χ1v) is 6.29. The minimum absolute atomic E-state index is 0.864. The van der Waals surface area contributed by atoms with Crippen LogP contribution in [0.3, 0.4) is 0 Å². The number of para-hydroxylation sites is 1. The first-order chi connectivity index (χ1) is 7.24. The summed E-state index contributed by atoms with van der Waals surface area (Å²) in [5, 5.41) is 1.29. The molecule has 1 aromatic carbocycles. The molecule has 0 aliphatic heterocycles. The van der Waals surface area contributed by atoms with Crippen molar-refractivity contribution in [2.24, 2.45) is 7.05 Å². The Kier molecular flexibility index (Phi) is 2.91. The summed E-state index contributed by atoms with van der Waals surface area (Å²) < 4.78 is 2.12. The third-order valence-corrected chi connectivity index (χ3v) is 3.50. The molecule has 0 aliphatic rings. The van der Waals surface area contributed by atoms with Crippen LogP contribution in [-0.4, -0.2) is 10.3 Å². The van der Waals surface area contributed by atoms with Crippen molar-refractivity contribution in [3.8, 4) is 0 Å². The Balaban J connectivity index is 2.53. The SMILES string of the molecule is CCSCc1cn(C)c2c(N)cccc12. The number of fused-ring (bicyclic) bond motifs is 1. The van der Waals surface area contributed by atoms with Crippen LogP contribution in [-0.2, 0) is 12.8 Å². The van der Waals surface area contributed by atoms with Crippen LogP contribution in [0, 0.1) is 0 Å². The van der Waals surface area contributed by atoms with E-state index in [-0.39, 0.29) is 0 Å². The molecule has 2 nitrogen and oxygen atoms in total. The molecule has 0 radical (unpaired) electrons. The van der Waals surface area contributed by atoms with E-state index >= 15 is 0 Å². The Morgan fingerprint density at radius 2 is 2.20 bits per heavy atom. The Hall–Kier alpha value is -1.09. The third kappa shape index (κ3) is 1.84. The number of rotatable bonds is 3. The van der Waals surface area contributed by atoms with E-state index in [0.29, 0.717) is 0 Å². The second-order valence-electron chi connectivity index (χ2n) is 3.65. The number of aryl methyl sites for hydroxylation is 1. The Morgan fingerprint density at radius 3 is 2.93 bits per heavy atom. The van der Waals surface area contributed by atoms with E-state index in [1.807, 2.05) is 23.9 Å². The van der Waals surface area contributed by atoms with Crippen LogP contribution >= 0.6 is 11.8 Å². The van der Waals surface area contributed by atoms with Gasteiger partial charge >= 0.3 is 0 Å². The van der Waals surface area contributed by atoms with E-state index in [2.05, 4.69) is 30.8 Å². The van der Waals surface area contributed by atoms with E-state index < -0.39 is 0 Å². The first-order valence-electron chi connectivity index (χ1n) is 5.14. The molecule has 1 aromatic heterocycles. The maximum absolute atomic E-state index is 5.97. The van der Waals surface area contributed by atoms with E-state index in [1.54, 1.807) is 0 Å². The highest BCUT2D eigenvalue weighted by atomic mass is 32.2. The van der Waals surface area contributed by atoms with Crippen LogP contribution in [0.25, 0.3) is 10.9 Å². The number of nitrogens with zero attached hydrogens (tertiary/aromatic N) is 1. The van der Waals surface area contributed by atoms with Crippen molar-refractivity contribution >= 4 is 28.4 Å². The Bertz CT molecular complexity index is 474. The fourth-order valence-electron chi connectivity index (χ4n) is 1.91. The fraction of sp³-hybridized carbons (Fsp3) is 0.333. The molecule has 0 unspecified atom stereocenters. The molecule has 0 amide bonds. The molecule has 0 saturated heterocycles. The maximum atomic E-state index is 5.97. The minimum Gasteiger partial charge on any atom is -0.397 e. The van der Waals surface area contributed by atoms with E-state index in [0.717, 1.165) is 22.7 Å². The summed E-state index contributed by atoms with van der Waals surface area (Å²) in [7, 11) is 2.05. The molecular formula is C12H16N2S. The molecular weight excluding hydrogens is 204 g/mol. The van der Waals surface area contributed by atoms with E-state index in [9.17, 15) is 0 Å². The predicted molar refractivity (Wildman–Crippen MR) is 69.2 cm³/mol. The van der Waals surface area contributed by atoms with Crippen molar-refractivity contribution in [2.75, 3.05) is 11.5 Å². The van der Waals surface area contributed by atoms with Crippen molar-refractivity contribution in [1.29, 1.82) is 0 Å². The second-order valence-corrected chi connectivity index (χ2v) is 4.92. The summed E-state index contributed by atoms with van der Waals surface area (Å²) >= 11 is 1.94. The van der Waals surface area contributed by atoms with Crippen LogP contribution in [0.5, 0.6) is 0 Å². The smallest absolute Gasteiger partial charge is 0.0714 e. The number of aromatic nitrogens is 1. The largest absolute Gasteiger partial charge is 0.397 e. The zero-order valence-electron chi connectivity index (χ0n) is 9.16. The van der Waals surface area contributed by atoms with Gasteiger partial charge in [0.1, 0.15) is 0 Å². The van der Waals surface area contributed by atoms with E-state index in [4.69, 9.17) is 5.73 Å². The monoisotopic (exact) mass is 220 g/mol. The standard InChI is InChI=1S/C12H16N2S/c1-3-15-8-9-7-14(2)12-10(9)5-4-6-11(12)13/h4-7H,3,8,13H2,1-2H3. The number of thioether (sulfide) groups is 1. The third-order valence-electron chi connectivity index (χ3n) is 2.58. The van der Waals surface area contributed by atoms with Crippen molar-refractivity contribution < 1.29 is 0 Å². The highest BCUT2D eigenvalue weighted by Gasteiger charge is 2.07. The average molecular weight is 220 g/mol. The van der Waals surface area contributed by atoms with E-state index in [1.165, 1.54) is 10.9 Å². The number of hydrogen-bond donors (Lipinski definition) is 1. The lowest BCUT2D eigenvalue weighted by atomic mass is 10.2. The van der Waals surface area contributed by atoms with Gasteiger partial charge in [0.25, 0.3) is 0 Å². The summed E-state index contributed by atoms with van der Waals surface area (Å²) in [5.41, 5.74) is 9.37. The summed E-state index contributed by atoms with van der Waals surface area (Å²) in [6.07, 6.45) is 2.18. The molecule has 0 atom stereocenters. The van der Waals surface area contributed by atoms with Gasteiger partial charge in [-0.05, 0) is 17.4 Å². The maximum Gasteiger partial charge on any atom is 0.0714 e. The van der Waals surface area contributed by atoms with Gasteiger partial charge in [-0.3, -0.25) is 0 Å². The van der Waals surface area contributed by atoms with Gasteiger partial charge in [0.15, 0.2) is 0 Å². The van der Waals surface area contributed by atoms with Gasteiger partial charge in [0.2, 0.25) is 0 Å². The molecule has 2 N–H and O–H groups in total. The molecule has 1 heterocycles. The molecule has 0 spiro atoms. The van der Waals surface area contributed by atoms with Gasteiger partial charge in [-0.1, -0.05) is 19.1 Å². The number of anilines is 1. The topological polar surface area (TPSA) is 30.9 Å². The zero-order valence-corrected chi connectivity index (χ0v) is 9.97. The number of nitrogen functional groups attached to an aromatic ring is 1. The minimum atomic E-state index is 0.864. The van der Waals surface area contributed by atoms with Gasteiger partial charge in [-0.15, -0.1) is 0 Å². The molecule has 0 fully saturated rings. The molecule has 2 rings (SSSR count). The van der Waals surface area contributed by atoms with Crippen molar-refractivity contribution in [3.63, 3.8) is 0 Å². The molecule has 0 aliphatic carbocycles. The fourth-order valence-corrected chi connectivity index (χ4v) is 2.56. The molecule has 3 heteroatoms. The van der Waals surface area contributed by atoms with Gasteiger partial charge in [-0.25, -0.2) is 0 Å². The Morgan fingerprint density at radius 1 is 1.40 bits per heavy atom. The molecule has 80 valence electrons. The van der Waals surface area contributed by atoms with Crippen LogP contribution in [0.2, 0.25) is 0 Å². The zero-order chi connectivity index (χ0) is 10.8. The van der Waals surface area contributed by atoms with Crippen LogP contribution in [0.15, 0.2) is 24.4 Å². The molecule has 0 saturated carbocycles. The van der Waals surface area contributed by atoms with Crippen molar-refractivity contribution in [1.82, 2.24) is 4.57 Å². The summed E-state index contributed by atoms with van der Waals surface area (Å²) in [4.78, 5) is 0. The van der Waals surface area contributed by atoms with Crippen LogP contribution < -0.4 is 5.73 Å². The van der Waals surface area contributed by atoms with Crippen LogP contribution in [0.4, 0.5) is 5.69 Å². The van der Waals surface area contributed by atoms with Gasteiger partial charge in [-0.2, -0.15) is 11.8 Å². The lowest BCUT2D eigenvalue weighted by molar-refractivity contribution is 0.964. The van der Waals surface area contributed by atoms with Crippen molar-refractivity contribution in [3.05, 3.63) is 30.0 Å². The highest BCUT2D eigenvalue weighted by molar-refractivity contribution is 7.98. The van der Waals surface area contributed by atoms with Gasteiger partial charge in [0, 0.05) is 24.4 Å². The molecule has 0 bridgehead atoms. The van der Waals surface area contributed by atoms with Crippen LogP contribution in [0.1, 0.15) is 12.5 Å². The lowest BCUT2D eigenvalue weighted by Crippen LogP contribution is -1.91. The lowest BCUT2D eigenvalue weighted by Gasteiger charge is -2.00. The summed E-state index contributed by atoms with van der Waals surface area (Å²) in [6.45, 7) is 2.18. The molecule has 15 heavy (non-hydrogen) atoms. The second kappa shape index (κ2) is 4.19. The average Bonchev–Trinajstić information content (AvgIpc) is 2.54. The highest BCUT2D eigenvalue weighted by Crippen LogP contribution is 2.27. The van der Waals surface area contributed by atoms with Gasteiger partial charge < -0.3 is 10.3 Å². The number of hydrogen-bond acceptors (Lipinski definition) is 2. The number of benzene rings is 1. The first kappa shape index (κ1) is 10.4. The molecule has 2 aromatic rings. The van der Waals surface area contributed by atoms with Crippen molar-refractivity contribution in [2.45, 2.75) is 12.7 Å². The predicted octanol–water partition coefficient (Wildman–Crippen LogP) is 3.01.